The number of rotatable bonds is 5. The second-order valence-electron chi connectivity index (χ2n) is 6.44. The largest absolute Gasteiger partial charge is 0.481 e. The van der Waals surface area contributed by atoms with Crippen molar-refractivity contribution in [2.75, 3.05) is 12.8 Å². The first-order chi connectivity index (χ1) is 9.47. The highest BCUT2D eigenvalue weighted by atomic mass is 32.2. The molecule has 3 atom stereocenters. The van der Waals surface area contributed by atoms with Crippen molar-refractivity contribution in [3.63, 3.8) is 0 Å². The molecule has 3 unspecified atom stereocenters. The molecule has 1 amide bonds. The van der Waals surface area contributed by atoms with E-state index in [0.29, 0.717) is 25.3 Å². The molecule has 114 valence electrons. The molecule has 4 nitrogen and oxygen atoms in total. The highest BCUT2D eigenvalue weighted by molar-refractivity contribution is 8.00. The number of hydrogen-bond acceptors (Lipinski definition) is 3. The number of aliphatic carboxylic acids is 1. The molecule has 20 heavy (non-hydrogen) atoms. The van der Waals surface area contributed by atoms with Crippen LogP contribution in [-0.2, 0) is 9.59 Å². The molecule has 0 aromatic heterocycles. The van der Waals surface area contributed by atoms with Crippen LogP contribution >= 0.6 is 11.8 Å². The molecule has 0 aliphatic heterocycles. The maximum Gasteiger partial charge on any atom is 0.307 e. The van der Waals surface area contributed by atoms with Crippen LogP contribution < -0.4 is 5.32 Å². The summed E-state index contributed by atoms with van der Waals surface area (Å²) in [6, 6.07) is 0. The minimum atomic E-state index is -0.824. The zero-order valence-corrected chi connectivity index (χ0v) is 13.2. The lowest BCUT2D eigenvalue weighted by Gasteiger charge is -2.28. The summed E-state index contributed by atoms with van der Waals surface area (Å²) in [5, 5.41) is 12.3. The summed E-state index contributed by atoms with van der Waals surface area (Å²) in [6.45, 7) is 2.72. The van der Waals surface area contributed by atoms with Crippen molar-refractivity contribution >= 4 is 23.6 Å². The summed E-state index contributed by atoms with van der Waals surface area (Å²) in [5.74, 6) is -1.40. The predicted molar refractivity (Wildman–Crippen MR) is 80.7 cm³/mol. The van der Waals surface area contributed by atoms with Gasteiger partial charge in [0.25, 0.3) is 0 Å². The number of nitrogens with one attached hydrogen (secondary N) is 1. The molecule has 2 saturated carbocycles. The molecule has 2 aliphatic rings. The Hall–Kier alpha value is -0.710. The van der Waals surface area contributed by atoms with Crippen LogP contribution in [-0.4, -0.2) is 34.5 Å². The van der Waals surface area contributed by atoms with Gasteiger partial charge in [0, 0.05) is 11.3 Å². The van der Waals surface area contributed by atoms with Gasteiger partial charge in [0.05, 0.1) is 11.8 Å². The minimum Gasteiger partial charge on any atom is -0.481 e. The Labute approximate surface area is 125 Å². The lowest BCUT2D eigenvalue weighted by atomic mass is 9.95. The number of carboxylic acids is 1. The zero-order chi connectivity index (χ0) is 14.8. The van der Waals surface area contributed by atoms with Crippen molar-refractivity contribution in [3.8, 4) is 0 Å². The van der Waals surface area contributed by atoms with Gasteiger partial charge in [-0.25, -0.2) is 0 Å². The molecule has 0 aromatic rings. The fourth-order valence-corrected chi connectivity index (χ4v) is 4.62. The van der Waals surface area contributed by atoms with Gasteiger partial charge in [-0.3, -0.25) is 9.59 Å². The number of carbonyl (C=O) groups excluding carboxylic acids is 1. The fraction of sp³-hybridized carbons (Fsp3) is 0.867. The number of amides is 1. The van der Waals surface area contributed by atoms with Crippen molar-refractivity contribution in [2.45, 2.75) is 50.2 Å². The smallest absolute Gasteiger partial charge is 0.307 e. The molecule has 0 heterocycles. The maximum absolute atomic E-state index is 12.3. The lowest BCUT2D eigenvalue weighted by molar-refractivity contribution is -0.146. The average molecular weight is 299 g/mol. The van der Waals surface area contributed by atoms with Crippen LogP contribution in [0.25, 0.3) is 0 Å². The van der Waals surface area contributed by atoms with Gasteiger partial charge in [-0.15, -0.1) is 0 Å². The topological polar surface area (TPSA) is 66.4 Å². The van der Waals surface area contributed by atoms with E-state index in [4.69, 9.17) is 0 Å². The van der Waals surface area contributed by atoms with E-state index in [0.717, 1.165) is 12.8 Å². The number of thioether (sulfide) groups is 1. The molecule has 5 heteroatoms. The quantitative estimate of drug-likeness (QED) is 0.818. The summed E-state index contributed by atoms with van der Waals surface area (Å²) >= 11 is 1.84. The molecule has 0 aromatic carbocycles. The molecule has 2 aliphatic carbocycles. The second-order valence-corrected chi connectivity index (χ2v) is 7.71. The van der Waals surface area contributed by atoms with E-state index in [1.54, 1.807) is 0 Å². The molecule has 2 rings (SSSR count). The number of carbonyl (C=O) groups is 2. The SMILES string of the molecule is CSC1(CNC(=O)C2CC(C)CC2C(=O)O)CCCC1. The van der Waals surface area contributed by atoms with Crippen molar-refractivity contribution in [3.05, 3.63) is 0 Å². The van der Waals surface area contributed by atoms with E-state index in [1.807, 2.05) is 18.7 Å². The van der Waals surface area contributed by atoms with Gasteiger partial charge in [0.15, 0.2) is 0 Å². The van der Waals surface area contributed by atoms with Gasteiger partial charge in [-0.05, 0) is 37.9 Å². The third-order valence-corrected chi connectivity index (χ3v) is 6.40. The van der Waals surface area contributed by atoms with Gasteiger partial charge >= 0.3 is 5.97 Å². The first kappa shape index (κ1) is 15.7. The summed E-state index contributed by atoms with van der Waals surface area (Å²) < 4.78 is 0.179. The van der Waals surface area contributed by atoms with E-state index < -0.39 is 11.9 Å². The molecular formula is C15H25NO3S. The van der Waals surface area contributed by atoms with E-state index in [9.17, 15) is 14.7 Å². The Bertz CT molecular complexity index is 379. The second kappa shape index (κ2) is 6.37. The molecule has 0 radical (unpaired) electrons. The first-order valence-corrected chi connectivity index (χ1v) is 8.75. The Balaban J connectivity index is 1.92. The van der Waals surface area contributed by atoms with Gasteiger partial charge in [-0.1, -0.05) is 19.8 Å². The summed E-state index contributed by atoms with van der Waals surface area (Å²) in [4.78, 5) is 23.6. The fourth-order valence-electron chi connectivity index (χ4n) is 3.71. The van der Waals surface area contributed by atoms with Crippen molar-refractivity contribution in [1.82, 2.24) is 5.32 Å². The molecule has 2 N–H and O–H groups in total. The monoisotopic (exact) mass is 299 g/mol. The Morgan fingerprint density at radius 1 is 1.25 bits per heavy atom. The highest BCUT2D eigenvalue weighted by Crippen LogP contribution is 2.40. The van der Waals surface area contributed by atoms with Crippen LogP contribution in [0.3, 0.4) is 0 Å². The van der Waals surface area contributed by atoms with Gasteiger partial charge in [-0.2, -0.15) is 11.8 Å². The minimum absolute atomic E-state index is 0.0536. The van der Waals surface area contributed by atoms with E-state index >= 15 is 0 Å². The Morgan fingerprint density at radius 3 is 2.40 bits per heavy atom. The van der Waals surface area contributed by atoms with Crippen LogP contribution in [0, 0.1) is 17.8 Å². The molecule has 2 fully saturated rings. The standard InChI is InChI=1S/C15H25NO3S/c1-10-7-11(12(8-10)14(18)19)13(17)16-9-15(20-2)5-3-4-6-15/h10-12H,3-9H2,1-2H3,(H,16,17)(H,18,19). The maximum atomic E-state index is 12.3. The summed E-state index contributed by atoms with van der Waals surface area (Å²) in [6.07, 6.45) is 8.20. The third kappa shape index (κ3) is 3.30. The van der Waals surface area contributed by atoms with E-state index in [1.165, 1.54) is 12.8 Å². The summed E-state index contributed by atoms with van der Waals surface area (Å²) in [7, 11) is 0. The van der Waals surface area contributed by atoms with Gasteiger partial charge in [0.2, 0.25) is 5.91 Å². The van der Waals surface area contributed by atoms with Crippen LogP contribution in [0.4, 0.5) is 0 Å². The van der Waals surface area contributed by atoms with Crippen LogP contribution in [0.2, 0.25) is 0 Å². The summed E-state index contributed by atoms with van der Waals surface area (Å²) in [5.41, 5.74) is 0. The van der Waals surface area contributed by atoms with Crippen LogP contribution in [0.15, 0.2) is 0 Å². The molecule has 0 spiro atoms. The molecule has 0 saturated heterocycles. The van der Waals surface area contributed by atoms with E-state index in [2.05, 4.69) is 11.6 Å². The third-order valence-electron chi connectivity index (χ3n) is 4.98. The van der Waals surface area contributed by atoms with Crippen LogP contribution in [0.1, 0.15) is 45.4 Å². The number of carboxylic acid groups (broad SMARTS) is 1. The predicted octanol–water partition coefficient (Wildman–Crippen LogP) is 2.53. The molecular weight excluding hydrogens is 274 g/mol. The van der Waals surface area contributed by atoms with Gasteiger partial charge in [0.1, 0.15) is 0 Å². The Morgan fingerprint density at radius 2 is 1.85 bits per heavy atom. The normalized spacial score (nSPS) is 32.2. The number of hydrogen-bond donors (Lipinski definition) is 2. The van der Waals surface area contributed by atoms with Crippen molar-refractivity contribution in [1.29, 1.82) is 0 Å². The first-order valence-electron chi connectivity index (χ1n) is 7.53. The van der Waals surface area contributed by atoms with Crippen LogP contribution in [0.5, 0.6) is 0 Å². The molecule has 0 bridgehead atoms. The van der Waals surface area contributed by atoms with Crippen molar-refractivity contribution in [2.24, 2.45) is 17.8 Å². The van der Waals surface area contributed by atoms with Crippen molar-refractivity contribution < 1.29 is 14.7 Å². The zero-order valence-electron chi connectivity index (χ0n) is 12.4. The van der Waals surface area contributed by atoms with E-state index in [-0.39, 0.29) is 16.6 Å². The average Bonchev–Trinajstić information content (AvgIpc) is 3.03. The highest BCUT2D eigenvalue weighted by Gasteiger charge is 2.42. The lowest BCUT2D eigenvalue weighted by Crippen LogP contribution is -2.42. The Kier molecular flexibility index (Phi) is 4.99. The van der Waals surface area contributed by atoms with Gasteiger partial charge < -0.3 is 10.4 Å².